The molecule has 2 N–H and O–H groups in total. The van der Waals surface area contributed by atoms with Gasteiger partial charge in [0, 0.05) is 49.2 Å². The molecule has 9 heteroatoms. The number of hydrogen-bond donors (Lipinski definition) is 2. The molecule has 38 heavy (non-hydrogen) atoms. The van der Waals surface area contributed by atoms with E-state index in [1.165, 1.54) is 50.9 Å². The number of hydrogen-bond acceptors (Lipinski definition) is 4. The van der Waals surface area contributed by atoms with Crippen LogP contribution in [-0.2, 0) is 6.18 Å². The van der Waals surface area contributed by atoms with Gasteiger partial charge in [-0.1, -0.05) is 37.1 Å². The summed E-state index contributed by atoms with van der Waals surface area (Å²) in [6, 6.07) is 12.3. The smallest absolute Gasteiger partial charge is 0.393 e. The van der Waals surface area contributed by atoms with Crippen molar-refractivity contribution in [3.8, 4) is 17.0 Å². The number of likely N-dealkylation sites (tertiary alicyclic amines) is 2. The fourth-order valence-electron chi connectivity index (χ4n) is 5.51. The van der Waals surface area contributed by atoms with Crippen LogP contribution in [-0.4, -0.2) is 66.2 Å². The van der Waals surface area contributed by atoms with E-state index in [4.69, 9.17) is 4.74 Å². The van der Waals surface area contributed by atoms with Gasteiger partial charge in [-0.3, -0.25) is 0 Å². The van der Waals surface area contributed by atoms with Crippen LogP contribution >= 0.6 is 0 Å². The fraction of sp³-hybridized carbons (Fsp3) is 0.483. The van der Waals surface area contributed by atoms with Gasteiger partial charge in [0.2, 0.25) is 5.88 Å². The number of aromatic amines is 1. The molecule has 2 aliphatic rings. The number of fused-ring (bicyclic) bond motifs is 1. The number of carbonyl (C=O) groups is 1. The molecule has 0 atom stereocenters. The van der Waals surface area contributed by atoms with Crippen molar-refractivity contribution in [1.29, 1.82) is 0 Å². The predicted molar refractivity (Wildman–Crippen MR) is 142 cm³/mol. The van der Waals surface area contributed by atoms with Crippen molar-refractivity contribution in [3.63, 3.8) is 0 Å². The standard InChI is InChI=1S/C29H35F3N4O2/c30-29(31,32)22-10-8-21(9-11-22)24-6-5-7-26-25(24)20-27(34-26)38-28(37)33-23-12-16-36(17-13-23)19-18-35-14-3-1-2-4-15-35/h5-11,20,23,34H,1-4,12-19H2,(H,33,37). The van der Waals surface area contributed by atoms with Crippen molar-refractivity contribution >= 4 is 17.0 Å². The number of piperidine rings is 1. The zero-order valence-electron chi connectivity index (χ0n) is 21.5. The summed E-state index contributed by atoms with van der Waals surface area (Å²) in [5.41, 5.74) is 1.46. The first-order chi connectivity index (χ1) is 18.3. The maximum Gasteiger partial charge on any atom is 0.416 e. The molecule has 0 saturated carbocycles. The third kappa shape index (κ3) is 6.69. The molecule has 6 nitrogen and oxygen atoms in total. The maximum atomic E-state index is 12.9. The van der Waals surface area contributed by atoms with Gasteiger partial charge in [-0.15, -0.1) is 0 Å². The number of benzene rings is 2. The van der Waals surface area contributed by atoms with Crippen LogP contribution in [0.4, 0.5) is 18.0 Å². The number of nitrogens with zero attached hydrogens (tertiary/aromatic N) is 2. The number of carbonyl (C=O) groups excluding carboxylic acids is 1. The summed E-state index contributed by atoms with van der Waals surface area (Å²) < 4.78 is 44.4. The Bertz CT molecular complexity index is 1210. The van der Waals surface area contributed by atoms with Crippen LogP contribution in [0.25, 0.3) is 22.0 Å². The summed E-state index contributed by atoms with van der Waals surface area (Å²) in [7, 11) is 0. The van der Waals surface area contributed by atoms with E-state index in [9.17, 15) is 18.0 Å². The zero-order chi connectivity index (χ0) is 26.5. The second kappa shape index (κ2) is 11.8. The second-order valence-corrected chi connectivity index (χ2v) is 10.4. The molecule has 0 bridgehead atoms. The van der Waals surface area contributed by atoms with Crippen LogP contribution in [0.2, 0.25) is 0 Å². The Labute approximate surface area is 221 Å². The van der Waals surface area contributed by atoms with Crippen molar-refractivity contribution in [2.75, 3.05) is 39.3 Å². The average Bonchev–Trinajstić information content (AvgIpc) is 3.12. The van der Waals surface area contributed by atoms with Crippen molar-refractivity contribution in [3.05, 3.63) is 54.1 Å². The van der Waals surface area contributed by atoms with E-state index in [2.05, 4.69) is 20.1 Å². The van der Waals surface area contributed by atoms with Crippen molar-refractivity contribution in [2.45, 2.75) is 50.7 Å². The number of rotatable bonds is 6. The number of halogens is 3. The highest BCUT2D eigenvalue weighted by molar-refractivity contribution is 5.96. The SMILES string of the molecule is O=C(NC1CCN(CCN2CCCCCC2)CC1)Oc1cc2c(-c3ccc(C(F)(F)F)cc3)cccc2[nH]1. The van der Waals surface area contributed by atoms with Crippen LogP contribution in [0.15, 0.2) is 48.5 Å². The minimum absolute atomic E-state index is 0.0732. The Morgan fingerprint density at radius 1 is 0.921 bits per heavy atom. The summed E-state index contributed by atoms with van der Waals surface area (Å²) in [6.07, 6.45) is 2.21. The van der Waals surface area contributed by atoms with Gasteiger partial charge in [0.15, 0.2) is 0 Å². The topological polar surface area (TPSA) is 60.6 Å². The fourth-order valence-corrected chi connectivity index (χ4v) is 5.51. The van der Waals surface area contributed by atoms with E-state index in [1.807, 2.05) is 18.2 Å². The molecule has 204 valence electrons. The van der Waals surface area contributed by atoms with Crippen LogP contribution in [0.1, 0.15) is 44.1 Å². The molecule has 0 spiro atoms. The van der Waals surface area contributed by atoms with E-state index in [0.29, 0.717) is 11.4 Å². The van der Waals surface area contributed by atoms with Crippen LogP contribution < -0.4 is 10.1 Å². The molecule has 1 amide bonds. The third-order valence-corrected chi connectivity index (χ3v) is 7.71. The quantitative estimate of drug-likeness (QED) is 0.395. The minimum Gasteiger partial charge on any atom is -0.393 e. The van der Waals surface area contributed by atoms with Gasteiger partial charge >= 0.3 is 12.3 Å². The molecule has 2 saturated heterocycles. The Morgan fingerprint density at radius 2 is 1.58 bits per heavy atom. The molecule has 1 aromatic heterocycles. The Balaban J connectivity index is 1.13. The molecule has 0 radical (unpaired) electrons. The largest absolute Gasteiger partial charge is 0.416 e. The molecule has 2 aliphatic heterocycles. The predicted octanol–water partition coefficient (Wildman–Crippen LogP) is 6.28. The van der Waals surface area contributed by atoms with Crippen LogP contribution in [0.3, 0.4) is 0 Å². The monoisotopic (exact) mass is 528 g/mol. The number of alkyl halides is 3. The van der Waals surface area contributed by atoms with Crippen LogP contribution in [0.5, 0.6) is 5.88 Å². The molecule has 5 rings (SSSR count). The van der Waals surface area contributed by atoms with Gasteiger partial charge in [0.25, 0.3) is 0 Å². The van der Waals surface area contributed by atoms with E-state index in [1.54, 1.807) is 6.07 Å². The summed E-state index contributed by atoms with van der Waals surface area (Å²) in [5, 5.41) is 3.76. The van der Waals surface area contributed by atoms with E-state index in [0.717, 1.165) is 67.6 Å². The first-order valence-electron chi connectivity index (χ1n) is 13.6. The summed E-state index contributed by atoms with van der Waals surface area (Å²) in [4.78, 5) is 20.8. The maximum absolute atomic E-state index is 12.9. The number of nitrogens with one attached hydrogen (secondary N) is 2. The highest BCUT2D eigenvalue weighted by atomic mass is 19.4. The first-order valence-corrected chi connectivity index (χ1v) is 13.6. The first kappa shape index (κ1) is 26.6. The number of H-pyrrole nitrogens is 1. The van der Waals surface area contributed by atoms with Crippen LogP contribution in [0, 0.1) is 0 Å². The number of aromatic nitrogens is 1. The Hall–Kier alpha value is -3.04. The summed E-state index contributed by atoms with van der Waals surface area (Å²) in [5.74, 6) is 0.298. The van der Waals surface area contributed by atoms with Gasteiger partial charge < -0.3 is 24.8 Å². The van der Waals surface area contributed by atoms with Gasteiger partial charge in [-0.05, 0) is 68.1 Å². The Morgan fingerprint density at radius 3 is 2.24 bits per heavy atom. The van der Waals surface area contributed by atoms with Gasteiger partial charge in [-0.2, -0.15) is 13.2 Å². The lowest BCUT2D eigenvalue weighted by Gasteiger charge is -2.33. The Kier molecular flexibility index (Phi) is 8.24. The van der Waals surface area contributed by atoms with Crippen molar-refractivity contribution in [1.82, 2.24) is 20.1 Å². The van der Waals surface area contributed by atoms with E-state index >= 15 is 0 Å². The van der Waals surface area contributed by atoms with E-state index in [-0.39, 0.29) is 6.04 Å². The number of ether oxygens (including phenoxy) is 1. The molecular formula is C29H35F3N4O2. The average molecular weight is 529 g/mol. The van der Waals surface area contributed by atoms with E-state index < -0.39 is 17.8 Å². The third-order valence-electron chi connectivity index (χ3n) is 7.71. The van der Waals surface area contributed by atoms with Gasteiger partial charge in [-0.25, -0.2) is 4.79 Å². The van der Waals surface area contributed by atoms with Crippen molar-refractivity contribution in [2.24, 2.45) is 0 Å². The van der Waals surface area contributed by atoms with Gasteiger partial charge in [0.05, 0.1) is 5.56 Å². The molecule has 2 fully saturated rings. The molecular weight excluding hydrogens is 493 g/mol. The highest BCUT2D eigenvalue weighted by Gasteiger charge is 2.30. The molecule has 2 aromatic carbocycles. The normalized spacial score (nSPS) is 18.4. The van der Waals surface area contributed by atoms with Gasteiger partial charge in [0.1, 0.15) is 0 Å². The zero-order valence-corrected chi connectivity index (χ0v) is 21.5. The molecule has 0 aliphatic carbocycles. The lowest BCUT2D eigenvalue weighted by molar-refractivity contribution is -0.137. The summed E-state index contributed by atoms with van der Waals surface area (Å²) in [6.45, 7) is 6.54. The molecule has 3 heterocycles. The number of amides is 1. The minimum atomic E-state index is -4.38. The highest BCUT2D eigenvalue weighted by Crippen LogP contribution is 2.34. The lowest BCUT2D eigenvalue weighted by Crippen LogP contribution is -2.47. The molecule has 0 unspecified atom stereocenters. The molecule has 3 aromatic rings. The summed E-state index contributed by atoms with van der Waals surface area (Å²) >= 11 is 0. The lowest BCUT2D eigenvalue weighted by atomic mass is 10.0. The second-order valence-electron chi connectivity index (χ2n) is 10.4. The van der Waals surface area contributed by atoms with Crippen molar-refractivity contribution < 1.29 is 22.7 Å².